The predicted molar refractivity (Wildman–Crippen MR) is 35.3 cm³/mol. The fourth-order valence-corrected chi connectivity index (χ4v) is 0.823. The van der Waals surface area contributed by atoms with Gasteiger partial charge in [0.15, 0.2) is 11.9 Å². The fraction of sp³-hybridized carbons (Fsp3) is 0.500. The molecule has 12 heavy (non-hydrogen) atoms. The molecule has 1 aliphatic heterocycles. The highest BCUT2D eigenvalue weighted by atomic mass is 16.6. The first-order valence-corrected chi connectivity index (χ1v) is 3.20. The van der Waals surface area contributed by atoms with E-state index in [0.717, 1.165) is 0 Å². The number of cyclic esters (lactones) is 1. The summed E-state index contributed by atoms with van der Waals surface area (Å²) in [4.78, 5) is 10.5. The summed E-state index contributed by atoms with van der Waals surface area (Å²) in [7, 11) is 0. The van der Waals surface area contributed by atoms with E-state index in [0.29, 0.717) is 0 Å². The van der Waals surface area contributed by atoms with E-state index < -0.39 is 36.3 Å². The van der Waals surface area contributed by atoms with Crippen LogP contribution in [0.2, 0.25) is 0 Å². The van der Waals surface area contributed by atoms with E-state index in [9.17, 15) is 4.79 Å². The van der Waals surface area contributed by atoms with E-state index >= 15 is 0 Å². The lowest BCUT2D eigenvalue weighted by molar-refractivity contribution is -0.147. The quantitative estimate of drug-likeness (QED) is 0.305. The molecule has 68 valence electrons. The molecule has 0 radical (unpaired) electrons. The molecule has 0 aromatic carbocycles. The van der Waals surface area contributed by atoms with Crippen molar-refractivity contribution >= 4 is 5.97 Å². The standard InChI is InChI=1S/C6H8O6/c7-1-2(8)5-3(9)4(10)6(11)12-5/h2,5,7-10H,1H2/t2-,5+/m0/s1/i3+1. The highest BCUT2D eigenvalue weighted by Crippen LogP contribution is 2.20. The lowest BCUT2D eigenvalue weighted by Crippen LogP contribution is -2.31. The number of carbonyl (C=O) groups is 1. The lowest BCUT2D eigenvalue weighted by atomic mass is 10.3. The summed E-state index contributed by atoms with van der Waals surface area (Å²) in [5, 5.41) is 35.0. The summed E-state index contributed by atoms with van der Waals surface area (Å²) in [6.45, 7) is -0.671. The van der Waals surface area contributed by atoms with Crippen molar-refractivity contribution in [2.75, 3.05) is 6.61 Å². The van der Waals surface area contributed by atoms with Crippen molar-refractivity contribution in [2.24, 2.45) is 0 Å². The summed E-state index contributed by atoms with van der Waals surface area (Å²) >= 11 is 0. The minimum atomic E-state index is -1.42. The Bertz CT molecular complexity index is 232. The molecule has 0 aromatic rings. The predicted octanol–water partition coefficient (Wildman–Crippen LogP) is -1.41. The van der Waals surface area contributed by atoms with Gasteiger partial charge in [0.1, 0.15) is 6.10 Å². The molecule has 0 aliphatic carbocycles. The van der Waals surface area contributed by atoms with Crippen LogP contribution in [0.15, 0.2) is 11.5 Å². The van der Waals surface area contributed by atoms with Crippen LogP contribution in [0.4, 0.5) is 0 Å². The zero-order chi connectivity index (χ0) is 9.30. The van der Waals surface area contributed by atoms with Gasteiger partial charge < -0.3 is 25.2 Å². The van der Waals surface area contributed by atoms with Gasteiger partial charge in [0.25, 0.3) is 0 Å². The van der Waals surface area contributed by atoms with Crippen LogP contribution in [-0.2, 0) is 9.53 Å². The van der Waals surface area contributed by atoms with Crippen LogP contribution < -0.4 is 0 Å². The average Bonchev–Trinajstić information content (AvgIpc) is 2.32. The second kappa shape index (κ2) is 3.00. The lowest BCUT2D eigenvalue weighted by Gasteiger charge is -2.13. The van der Waals surface area contributed by atoms with Crippen molar-refractivity contribution in [2.45, 2.75) is 12.2 Å². The number of hydrogen-bond donors (Lipinski definition) is 4. The van der Waals surface area contributed by atoms with Gasteiger partial charge in [-0.25, -0.2) is 4.79 Å². The number of ether oxygens (including phenoxy) is 1. The third-order valence-corrected chi connectivity index (χ3v) is 1.48. The molecule has 0 saturated carbocycles. The third kappa shape index (κ3) is 1.21. The SMILES string of the molecule is O=C1O[C@H]([C@@H](O)CO)[13C](O)=C1O. The molecule has 0 amide bonds. The second-order valence-electron chi connectivity index (χ2n) is 2.31. The Kier molecular flexibility index (Phi) is 2.20. The van der Waals surface area contributed by atoms with E-state index in [1.165, 1.54) is 0 Å². The maximum Gasteiger partial charge on any atom is 0.377 e. The highest BCUT2D eigenvalue weighted by molar-refractivity contribution is 5.89. The van der Waals surface area contributed by atoms with Crippen LogP contribution >= 0.6 is 0 Å². The minimum absolute atomic E-state index is 0.671. The molecule has 6 nitrogen and oxygen atoms in total. The number of rotatable bonds is 2. The van der Waals surface area contributed by atoms with Gasteiger partial charge >= 0.3 is 5.97 Å². The Morgan fingerprint density at radius 2 is 2.08 bits per heavy atom. The molecule has 2 atom stereocenters. The molecule has 4 N–H and O–H groups in total. The second-order valence-corrected chi connectivity index (χ2v) is 2.31. The van der Waals surface area contributed by atoms with E-state index in [2.05, 4.69) is 4.74 Å². The van der Waals surface area contributed by atoms with E-state index in [1.54, 1.807) is 0 Å². The van der Waals surface area contributed by atoms with Gasteiger partial charge in [0.2, 0.25) is 5.76 Å². The van der Waals surface area contributed by atoms with Crippen LogP contribution in [0.25, 0.3) is 0 Å². The third-order valence-electron chi connectivity index (χ3n) is 1.48. The molecule has 1 aliphatic rings. The van der Waals surface area contributed by atoms with Gasteiger partial charge in [-0.2, -0.15) is 0 Å². The van der Waals surface area contributed by atoms with E-state index in [4.69, 9.17) is 20.4 Å². The first kappa shape index (κ1) is 8.82. The molecule has 1 rings (SSSR count). The maximum absolute atomic E-state index is 10.5. The maximum atomic E-state index is 10.5. The van der Waals surface area contributed by atoms with Crippen LogP contribution in [0.1, 0.15) is 0 Å². The molecule has 6 heteroatoms. The summed E-state index contributed by atoms with van der Waals surface area (Å²) in [6.07, 6.45) is -2.78. The first-order valence-electron chi connectivity index (χ1n) is 3.20. The number of aliphatic hydroxyl groups excluding tert-OH is 4. The van der Waals surface area contributed by atoms with Gasteiger partial charge in [0.05, 0.1) is 6.61 Å². The van der Waals surface area contributed by atoms with Crippen molar-refractivity contribution in [3.63, 3.8) is 0 Å². The van der Waals surface area contributed by atoms with Crippen LogP contribution in [0.5, 0.6) is 0 Å². The van der Waals surface area contributed by atoms with Crippen molar-refractivity contribution < 1.29 is 30.0 Å². The zero-order valence-corrected chi connectivity index (χ0v) is 5.97. The van der Waals surface area contributed by atoms with Gasteiger partial charge in [-0.3, -0.25) is 0 Å². The average molecular weight is 177 g/mol. The van der Waals surface area contributed by atoms with Gasteiger partial charge in [-0.05, 0) is 0 Å². The summed E-state index contributed by atoms with van der Waals surface area (Å²) in [5.41, 5.74) is 0. The number of aliphatic hydroxyl groups is 4. The van der Waals surface area contributed by atoms with Crippen molar-refractivity contribution in [1.82, 2.24) is 0 Å². The number of esters is 1. The molecule has 0 bridgehead atoms. The smallest absolute Gasteiger partial charge is 0.377 e. The molecule has 0 aromatic heterocycles. The van der Waals surface area contributed by atoms with Crippen molar-refractivity contribution in [3.8, 4) is 0 Å². The molecule has 0 fully saturated rings. The highest BCUT2D eigenvalue weighted by Gasteiger charge is 2.38. The molecular weight excluding hydrogens is 169 g/mol. The first-order chi connectivity index (χ1) is 5.57. The molecule has 0 saturated heterocycles. The molecular formula is C6H8O6. The zero-order valence-electron chi connectivity index (χ0n) is 5.97. The Hall–Kier alpha value is -1.27. The summed E-state index contributed by atoms with van der Waals surface area (Å²) in [5.74, 6) is -2.78. The van der Waals surface area contributed by atoms with Gasteiger partial charge in [-0.15, -0.1) is 0 Å². The summed E-state index contributed by atoms with van der Waals surface area (Å²) in [6, 6.07) is 0. The van der Waals surface area contributed by atoms with Gasteiger partial charge in [0, 0.05) is 0 Å². The minimum Gasteiger partial charge on any atom is -0.505 e. The van der Waals surface area contributed by atoms with Gasteiger partial charge in [-0.1, -0.05) is 0 Å². The van der Waals surface area contributed by atoms with Crippen LogP contribution in [0.3, 0.4) is 0 Å². The normalized spacial score (nSPS) is 25.8. The Morgan fingerprint density at radius 1 is 1.50 bits per heavy atom. The Labute approximate surface area is 67.3 Å². The van der Waals surface area contributed by atoms with Crippen LogP contribution in [0, 0.1) is 0 Å². The number of carbonyl (C=O) groups excluding carboxylic acids is 1. The number of hydrogen-bond acceptors (Lipinski definition) is 6. The Morgan fingerprint density at radius 3 is 2.42 bits per heavy atom. The largest absolute Gasteiger partial charge is 0.505 e. The monoisotopic (exact) mass is 177 g/mol. The van der Waals surface area contributed by atoms with E-state index in [-0.39, 0.29) is 0 Å². The molecule has 0 spiro atoms. The topological polar surface area (TPSA) is 107 Å². The summed E-state index contributed by atoms with van der Waals surface area (Å²) < 4.78 is 4.32. The van der Waals surface area contributed by atoms with E-state index in [1.807, 2.05) is 0 Å². The van der Waals surface area contributed by atoms with Crippen molar-refractivity contribution in [1.29, 1.82) is 0 Å². The Balaban J connectivity index is 2.80. The van der Waals surface area contributed by atoms with Crippen LogP contribution in [-0.4, -0.2) is 45.2 Å². The molecule has 1 heterocycles. The molecule has 0 unspecified atom stereocenters. The van der Waals surface area contributed by atoms with Crippen molar-refractivity contribution in [3.05, 3.63) is 11.5 Å². The fourth-order valence-electron chi connectivity index (χ4n) is 0.823.